The Balaban J connectivity index is 1.81. The molecule has 3 rings (SSSR count). The molecular weight excluding hydrogens is 266 g/mol. The topological polar surface area (TPSA) is 74.2 Å². The van der Waals surface area contributed by atoms with Crippen molar-refractivity contribution in [3.8, 4) is 17.2 Å². The lowest BCUT2D eigenvalue weighted by Crippen LogP contribution is -1.92. The van der Waals surface area contributed by atoms with Crippen molar-refractivity contribution in [3.05, 3.63) is 59.9 Å². The second kappa shape index (κ2) is 5.66. The van der Waals surface area contributed by atoms with Gasteiger partial charge < -0.3 is 15.0 Å². The third-order valence-electron chi connectivity index (χ3n) is 3.10. The Bertz CT molecular complexity index is 753. The van der Waals surface area contributed by atoms with Crippen LogP contribution in [0.25, 0.3) is 11.5 Å². The molecule has 21 heavy (non-hydrogen) atoms. The van der Waals surface area contributed by atoms with Gasteiger partial charge in [-0.3, -0.25) is 0 Å². The molecule has 1 heterocycles. The van der Waals surface area contributed by atoms with Crippen molar-refractivity contribution in [3.63, 3.8) is 0 Å². The van der Waals surface area contributed by atoms with E-state index in [1.807, 2.05) is 48.5 Å². The van der Waals surface area contributed by atoms with Gasteiger partial charge in [0.2, 0.25) is 0 Å². The number of rotatable bonds is 4. The highest BCUT2D eigenvalue weighted by molar-refractivity contribution is 5.59. The van der Waals surface area contributed by atoms with E-state index in [0.717, 1.165) is 16.9 Å². The minimum Gasteiger partial charge on any atom is -0.497 e. The monoisotopic (exact) mass is 281 g/mol. The number of nitrogens with zero attached hydrogens (tertiary/aromatic N) is 2. The molecule has 106 valence electrons. The third kappa shape index (κ3) is 3.02. The highest BCUT2D eigenvalue weighted by Crippen LogP contribution is 2.21. The lowest BCUT2D eigenvalue weighted by Gasteiger charge is -2.01. The Morgan fingerprint density at radius 1 is 1.14 bits per heavy atom. The van der Waals surface area contributed by atoms with Gasteiger partial charge in [0.15, 0.2) is 5.82 Å². The quantitative estimate of drug-likeness (QED) is 0.744. The average Bonchev–Trinajstić information content (AvgIpc) is 2.96. The van der Waals surface area contributed by atoms with Crippen LogP contribution < -0.4 is 10.5 Å². The molecule has 0 fully saturated rings. The summed E-state index contributed by atoms with van der Waals surface area (Å²) < 4.78 is 10.5. The second-order valence-corrected chi connectivity index (χ2v) is 4.67. The highest BCUT2D eigenvalue weighted by atomic mass is 16.5. The minimum atomic E-state index is 0.472. The number of aromatic nitrogens is 2. The summed E-state index contributed by atoms with van der Waals surface area (Å²) in [7, 11) is 1.64. The number of methoxy groups -OCH3 is 1. The van der Waals surface area contributed by atoms with E-state index in [0.29, 0.717) is 23.8 Å². The fourth-order valence-electron chi connectivity index (χ4n) is 2.08. The van der Waals surface area contributed by atoms with Crippen molar-refractivity contribution in [2.45, 2.75) is 6.42 Å². The predicted molar refractivity (Wildman–Crippen MR) is 79.9 cm³/mol. The van der Waals surface area contributed by atoms with Gasteiger partial charge >= 0.3 is 0 Å². The summed E-state index contributed by atoms with van der Waals surface area (Å²) in [6.45, 7) is 0. The van der Waals surface area contributed by atoms with Crippen molar-refractivity contribution < 1.29 is 9.26 Å². The molecule has 0 unspecified atom stereocenters. The Hall–Kier alpha value is -2.82. The summed E-state index contributed by atoms with van der Waals surface area (Å²) in [5.41, 5.74) is 8.30. The van der Waals surface area contributed by atoms with Crippen LogP contribution in [0.4, 0.5) is 5.69 Å². The van der Waals surface area contributed by atoms with Gasteiger partial charge in [-0.1, -0.05) is 23.4 Å². The summed E-state index contributed by atoms with van der Waals surface area (Å²) in [5, 5.41) is 4.01. The van der Waals surface area contributed by atoms with Crippen LogP contribution in [0.2, 0.25) is 0 Å². The van der Waals surface area contributed by atoms with E-state index < -0.39 is 0 Å². The molecule has 0 aliphatic rings. The Kier molecular flexibility index (Phi) is 3.55. The van der Waals surface area contributed by atoms with E-state index in [9.17, 15) is 0 Å². The number of nitrogen functional groups attached to an aromatic ring is 1. The second-order valence-electron chi connectivity index (χ2n) is 4.67. The van der Waals surface area contributed by atoms with Crippen LogP contribution in [0.1, 0.15) is 11.4 Å². The van der Waals surface area contributed by atoms with E-state index in [4.69, 9.17) is 15.0 Å². The van der Waals surface area contributed by atoms with Crippen LogP contribution in [0, 0.1) is 0 Å². The predicted octanol–water partition coefficient (Wildman–Crippen LogP) is 2.92. The lowest BCUT2D eigenvalue weighted by molar-refractivity contribution is 0.414. The number of hydrogen-bond donors (Lipinski definition) is 1. The first-order valence-electron chi connectivity index (χ1n) is 6.56. The Morgan fingerprint density at radius 3 is 2.81 bits per heavy atom. The molecule has 0 aliphatic heterocycles. The van der Waals surface area contributed by atoms with E-state index in [-0.39, 0.29) is 0 Å². The number of ether oxygens (including phenoxy) is 1. The van der Waals surface area contributed by atoms with Gasteiger partial charge in [0.25, 0.3) is 5.89 Å². The molecule has 0 saturated heterocycles. The van der Waals surface area contributed by atoms with Crippen LogP contribution in [-0.2, 0) is 6.42 Å². The van der Waals surface area contributed by atoms with Gasteiger partial charge in [0.1, 0.15) is 5.75 Å². The van der Waals surface area contributed by atoms with Crippen LogP contribution in [0.15, 0.2) is 53.1 Å². The van der Waals surface area contributed by atoms with Crippen LogP contribution in [0.5, 0.6) is 5.75 Å². The first kappa shape index (κ1) is 13.2. The summed E-state index contributed by atoms with van der Waals surface area (Å²) in [6.07, 6.45) is 0.586. The standard InChI is InChI=1S/C16H15N3O2/c1-20-14-7-2-4-11(8-14)9-15-18-16(21-19-15)12-5-3-6-13(17)10-12/h2-8,10H,9,17H2,1H3. The van der Waals surface area contributed by atoms with Gasteiger partial charge in [-0.2, -0.15) is 4.98 Å². The molecule has 0 aliphatic carbocycles. The van der Waals surface area contributed by atoms with E-state index in [1.165, 1.54) is 0 Å². The maximum atomic E-state index is 5.75. The molecule has 5 heteroatoms. The molecule has 2 aromatic carbocycles. The molecule has 0 spiro atoms. The average molecular weight is 281 g/mol. The van der Waals surface area contributed by atoms with E-state index >= 15 is 0 Å². The van der Waals surface area contributed by atoms with Gasteiger partial charge in [-0.15, -0.1) is 0 Å². The number of nitrogens with two attached hydrogens (primary N) is 1. The molecule has 0 amide bonds. The fourth-order valence-corrected chi connectivity index (χ4v) is 2.08. The Morgan fingerprint density at radius 2 is 2.00 bits per heavy atom. The summed E-state index contributed by atoms with van der Waals surface area (Å²) in [5.74, 6) is 1.91. The summed E-state index contributed by atoms with van der Waals surface area (Å²) in [6, 6.07) is 15.2. The van der Waals surface area contributed by atoms with Crippen molar-refractivity contribution in [1.82, 2.24) is 10.1 Å². The molecule has 2 N–H and O–H groups in total. The first-order valence-corrected chi connectivity index (χ1v) is 6.56. The van der Waals surface area contributed by atoms with Gasteiger partial charge in [0, 0.05) is 17.7 Å². The molecule has 5 nitrogen and oxygen atoms in total. The van der Waals surface area contributed by atoms with Gasteiger partial charge in [-0.05, 0) is 35.9 Å². The SMILES string of the molecule is COc1cccc(Cc2noc(-c3cccc(N)c3)n2)c1. The first-order chi connectivity index (χ1) is 10.2. The van der Waals surface area contributed by atoms with Crippen LogP contribution in [0.3, 0.4) is 0 Å². The zero-order valence-electron chi connectivity index (χ0n) is 11.6. The Labute approximate surface area is 122 Å². The maximum Gasteiger partial charge on any atom is 0.258 e. The van der Waals surface area contributed by atoms with Gasteiger partial charge in [0.05, 0.1) is 7.11 Å². The summed E-state index contributed by atoms with van der Waals surface area (Å²) >= 11 is 0. The minimum absolute atomic E-state index is 0.472. The maximum absolute atomic E-state index is 5.75. The molecule has 0 radical (unpaired) electrons. The fraction of sp³-hybridized carbons (Fsp3) is 0.125. The number of benzene rings is 2. The van der Waals surface area contributed by atoms with E-state index in [1.54, 1.807) is 7.11 Å². The smallest absolute Gasteiger partial charge is 0.258 e. The molecule has 0 saturated carbocycles. The third-order valence-corrected chi connectivity index (χ3v) is 3.10. The molecule has 3 aromatic rings. The largest absolute Gasteiger partial charge is 0.497 e. The number of hydrogen-bond acceptors (Lipinski definition) is 5. The van der Waals surface area contributed by atoms with Gasteiger partial charge in [-0.25, -0.2) is 0 Å². The van der Waals surface area contributed by atoms with Crippen molar-refractivity contribution in [2.24, 2.45) is 0 Å². The molecular formula is C16H15N3O2. The summed E-state index contributed by atoms with van der Waals surface area (Å²) in [4.78, 5) is 4.40. The zero-order valence-corrected chi connectivity index (χ0v) is 11.6. The lowest BCUT2D eigenvalue weighted by atomic mass is 10.1. The van der Waals surface area contributed by atoms with Crippen LogP contribution in [-0.4, -0.2) is 17.3 Å². The van der Waals surface area contributed by atoms with E-state index in [2.05, 4.69) is 10.1 Å². The normalized spacial score (nSPS) is 10.5. The van der Waals surface area contributed by atoms with Crippen molar-refractivity contribution >= 4 is 5.69 Å². The highest BCUT2D eigenvalue weighted by Gasteiger charge is 2.10. The molecule has 1 aromatic heterocycles. The van der Waals surface area contributed by atoms with Crippen LogP contribution >= 0.6 is 0 Å². The zero-order chi connectivity index (χ0) is 14.7. The van der Waals surface area contributed by atoms with Crippen molar-refractivity contribution in [2.75, 3.05) is 12.8 Å². The molecule has 0 bridgehead atoms. The molecule has 0 atom stereocenters. The van der Waals surface area contributed by atoms with Crippen molar-refractivity contribution in [1.29, 1.82) is 0 Å². The number of anilines is 1.